The zero-order valence-corrected chi connectivity index (χ0v) is 11.4. The van der Waals surface area contributed by atoms with Crippen LogP contribution < -0.4 is 5.43 Å². The van der Waals surface area contributed by atoms with Crippen molar-refractivity contribution in [2.75, 3.05) is 0 Å². The highest BCUT2D eigenvalue weighted by Crippen LogP contribution is 2.10. The summed E-state index contributed by atoms with van der Waals surface area (Å²) in [4.78, 5) is 11.7. The van der Waals surface area contributed by atoms with E-state index in [1.807, 2.05) is 36.4 Å². The number of rotatable bonds is 4. The summed E-state index contributed by atoms with van der Waals surface area (Å²) in [7, 11) is 0. The van der Waals surface area contributed by atoms with E-state index in [1.54, 1.807) is 30.3 Å². The average molecular weight is 285 g/mol. The first kappa shape index (κ1) is 14.0. The number of allylic oxidation sites excluding steroid dienone is 1. The SMILES string of the molecule is O=C(NN=CC=Cc1ccccc1)c1cccc(Cl)c1. The number of hydrazone groups is 1. The van der Waals surface area contributed by atoms with Gasteiger partial charge in [0.05, 0.1) is 0 Å². The smallest absolute Gasteiger partial charge is 0.267 e. The molecule has 2 aromatic rings. The Hall–Kier alpha value is -2.39. The molecule has 0 unspecified atom stereocenters. The van der Waals surface area contributed by atoms with E-state index in [0.29, 0.717) is 10.6 Å². The van der Waals surface area contributed by atoms with Crippen molar-refractivity contribution in [3.05, 3.63) is 76.8 Å². The maximum absolute atomic E-state index is 11.7. The monoisotopic (exact) mass is 284 g/mol. The lowest BCUT2D eigenvalue weighted by atomic mass is 10.2. The van der Waals surface area contributed by atoms with E-state index >= 15 is 0 Å². The van der Waals surface area contributed by atoms with Gasteiger partial charge in [-0.3, -0.25) is 4.79 Å². The number of nitrogens with one attached hydrogen (secondary N) is 1. The van der Waals surface area contributed by atoms with Crippen LogP contribution in [0.15, 0.2) is 65.8 Å². The van der Waals surface area contributed by atoms with Crippen LogP contribution in [0.25, 0.3) is 6.08 Å². The van der Waals surface area contributed by atoms with Crippen molar-refractivity contribution in [2.45, 2.75) is 0 Å². The molecule has 4 heteroatoms. The second-order valence-electron chi connectivity index (χ2n) is 4.00. The van der Waals surface area contributed by atoms with Crippen molar-refractivity contribution in [1.29, 1.82) is 0 Å². The van der Waals surface area contributed by atoms with E-state index in [9.17, 15) is 4.79 Å². The second kappa shape index (κ2) is 7.26. The van der Waals surface area contributed by atoms with Gasteiger partial charge in [-0.2, -0.15) is 5.10 Å². The average Bonchev–Trinajstić information content (AvgIpc) is 2.48. The third-order valence-electron chi connectivity index (χ3n) is 2.50. The number of amides is 1. The Bertz CT molecular complexity index is 636. The molecular weight excluding hydrogens is 272 g/mol. The van der Waals surface area contributed by atoms with Crippen LogP contribution in [0, 0.1) is 0 Å². The molecule has 0 aliphatic heterocycles. The molecular formula is C16H13ClN2O. The minimum atomic E-state index is -0.295. The molecule has 1 amide bonds. The number of carbonyl (C=O) groups excluding carboxylic acids is 1. The minimum Gasteiger partial charge on any atom is -0.267 e. The number of carbonyl (C=O) groups is 1. The Kier molecular flexibility index (Phi) is 5.09. The molecule has 0 fully saturated rings. The van der Waals surface area contributed by atoms with E-state index in [-0.39, 0.29) is 5.91 Å². The standard InChI is InChI=1S/C16H13ClN2O/c17-15-10-4-9-14(12-15)16(20)19-18-11-5-8-13-6-2-1-3-7-13/h1-12H,(H,19,20). The quantitative estimate of drug-likeness (QED) is 0.674. The predicted octanol–water partition coefficient (Wildman–Crippen LogP) is 3.77. The summed E-state index contributed by atoms with van der Waals surface area (Å²) in [6.07, 6.45) is 5.18. The van der Waals surface area contributed by atoms with Gasteiger partial charge >= 0.3 is 0 Å². The molecule has 0 radical (unpaired) electrons. The Balaban J connectivity index is 1.87. The normalized spacial score (nSPS) is 11.1. The van der Waals surface area contributed by atoms with E-state index in [0.717, 1.165) is 5.56 Å². The van der Waals surface area contributed by atoms with Crippen molar-refractivity contribution in [3.8, 4) is 0 Å². The molecule has 20 heavy (non-hydrogen) atoms. The Morgan fingerprint density at radius 3 is 2.65 bits per heavy atom. The highest BCUT2D eigenvalue weighted by molar-refractivity contribution is 6.30. The zero-order valence-electron chi connectivity index (χ0n) is 10.7. The third-order valence-corrected chi connectivity index (χ3v) is 2.74. The van der Waals surface area contributed by atoms with Gasteiger partial charge in [-0.25, -0.2) is 5.43 Å². The molecule has 3 nitrogen and oxygen atoms in total. The maximum atomic E-state index is 11.7. The van der Waals surface area contributed by atoms with Gasteiger partial charge in [0.15, 0.2) is 0 Å². The molecule has 0 bridgehead atoms. The van der Waals surface area contributed by atoms with Crippen molar-refractivity contribution >= 4 is 29.8 Å². The fourth-order valence-electron chi connectivity index (χ4n) is 1.55. The van der Waals surface area contributed by atoms with Crippen LogP contribution in [0.3, 0.4) is 0 Å². The molecule has 1 N–H and O–H groups in total. The van der Waals surface area contributed by atoms with Crippen LogP contribution in [-0.4, -0.2) is 12.1 Å². The molecule has 0 heterocycles. The van der Waals surface area contributed by atoms with E-state index in [4.69, 9.17) is 11.6 Å². The van der Waals surface area contributed by atoms with Crippen molar-refractivity contribution in [1.82, 2.24) is 5.43 Å². The summed E-state index contributed by atoms with van der Waals surface area (Å²) in [6, 6.07) is 16.5. The van der Waals surface area contributed by atoms with Crippen LogP contribution in [0.5, 0.6) is 0 Å². The molecule has 0 spiro atoms. The number of hydrogen-bond donors (Lipinski definition) is 1. The van der Waals surface area contributed by atoms with Gasteiger partial charge in [0, 0.05) is 16.8 Å². The lowest BCUT2D eigenvalue weighted by Crippen LogP contribution is -2.17. The molecule has 2 rings (SSSR count). The minimum absolute atomic E-state index is 0.295. The van der Waals surface area contributed by atoms with Gasteiger partial charge < -0.3 is 0 Å². The Labute approximate surface area is 122 Å². The van der Waals surface area contributed by atoms with Crippen molar-refractivity contribution in [3.63, 3.8) is 0 Å². The highest BCUT2D eigenvalue weighted by atomic mass is 35.5. The summed E-state index contributed by atoms with van der Waals surface area (Å²) in [5, 5.41) is 4.36. The van der Waals surface area contributed by atoms with Gasteiger partial charge in [0.1, 0.15) is 0 Å². The summed E-state index contributed by atoms with van der Waals surface area (Å²) < 4.78 is 0. The van der Waals surface area contributed by atoms with E-state index in [1.165, 1.54) is 6.21 Å². The van der Waals surface area contributed by atoms with Crippen LogP contribution in [-0.2, 0) is 0 Å². The maximum Gasteiger partial charge on any atom is 0.271 e. The number of benzene rings is 2. The Morgan fingerprint density at radius 2 is 1.90 bits per heavy atom. The first-order chi connectivity index (χ1) is 9.75. The lowest BCUT2D eigenvalue weighted by molar-refractivity contribution is 0.0955. The second-order valence-corrected chi connectivity index (χ2v) is 4.44. The molecule has 2 aromatic carbocycles. The molecule has 0 atom stereocenters. The van der Waals surface area contributed by atoms with Crippen LogP contribution in [0.1, 0.15) is 15.9 Å². The van der Waals surface area contributed by atoms with Crippen molar-refractivity contribution in [2.24, 2.45) is 5.10 Å². The zero-order chi connectivity index (χ0) is 14.2. The predicted molar refractivity (Wildman–Crippen MR) is 82.9 cm³/mol. The molecule has 0 aliphatic carbocycles. The molecule has 0 aliphatic rings. The molecule has 0 saturated heterocycles. The molecule has 0 aromatic heterocycles. The molecule has 100 valence electrons. The largest absolute Gasteiger partial charge is 0.271 e. The van der Waals surface area contributed by atoms with Crippen LogP contribution >= 0.6 is 11.6 Å². The fourth-order valence-corrected chi connectivity index (χ4v) is 1.74. The van der Waals surface area contributed by atoms with Gasteiger partial charge in [0.25, 0.3) is 5.91 Å². The number of nitrogens with zero attached hydrogens (tertiary/aromatic N) is 1. The molecule has 0 saturated carbocycles. The lowest BCUT2D eigenvalue weighted by Gasteiger charge is -1.99. The van der Waals surface area contributed by atoms with Gasteiger partial charge in [-0.15, -0.1) is 0 Å². The van der Waals surface area contributed by atoms with Gasteiger partial charge in [-0.05, 0) is 29.8 Å². The van der Waals surface area contributed by atoms with E-state index in [2.05, 4.69) is 10.5 Å². The topological polar surface area (TPSA) is 41.5 Å². The fraction of sp³-hybridized carbons (Fsp3) is 0. The first-order valence-corrected chi connectivity index (χ1v) is 6.44. The summed E-state index contributed by atoms with van der Waals surface area (Å²) in [5.41, 5.74) is 3.98. The van der Waals surface area contributed by atoms with Crippen LogP contribution in [0.2, 0.25) is 5.02 Å². The first-order valence-electron chi connectivity index (χ1n) is 6.06. The Morgan fingerprint density at radius 1 is 1.10 bits per heavy atom. The van der Waals surface area contributed by atoms with E-state index < -0.39 is 0 Å². The summed E-state index contributed by atoms with van der Waals surface area (Å²) >= 11 is 5.81. The van der Waals surface area contributed by atoms with Gasteiger partial charge in [-0.1, -0.05) is 54.1 Å². The van der Waals surface area contributed by atoms with Gasteiger partial charge in [0.2, 0.25) is 0 Å². The number of hydrogen-bond acceptors (Lipinski definition) is 2. The summed E-state index contributed by atoms with van der Waals surface area (Å²) in [5.74, 6) is -0.295. The highest BCUT2D eigenvalue weighted by Gasteiger charge is 2.03. The van der Waals surface area contributed by atoms with Crippen LogP contribution in [0.4, 0.5) is 0 Å². The summed E-state index contributed by atoms with van der Waals surface area (Å²) in [6.45, 7) is 0. The third kappa shape index (κ3) is 4.37. The number of halogens is 1. The van der Waals surface area contributed by atoms with Crippen molar-refractivity contribution < 1.29 is 4.79 Å².